The van der Waals surface area contributed by atoms with Crippen LogP contribution in [-0.2, 0) is 4.79 Å². The fourth-order valence-corrected chi connectivity index (χ4v) is 1.89. The van der Waals surface area contributed by atoms with Crippen LogP contribution < -0.4 is 0 Å². The maximum Gasteiger partial charge on any atom is 0.303 e. The third kappa shape index (κ3) is 2.50. The molecule has 15 heavy (non-hydrogen) atoms. The van der Waals surface area contributed by atoms with E-state index >= 15 is 0 Å². The van der Waals surface area contributed by atoms with E-state index in [4.69, 9.17) is 16.7 Å². The van der Waals surface area contributed by atoms with E-state index in [1.807, 2.05) is 0 Å². The van der Waals surface area contributed by atoms with E-state index in [-0.39, 0.29) is 11.8 Å². The van der Waals surface area contributed by atoms with Gasteiger partial charge in [-0.25, -0.2) is 4.98 Å². The monoisotopic (exact) mass is 228 g/mol. The molecule has 1 aliphatic carbocycles. The van der Waals surface area contributed by atoms with Crippen molar-refractivity contribution in [3.63, 3.8) is 0 Å². The molecule has 1 aromatic rings. The third-order valence-corrected chi connectivity index (χ3v) is 3.01. The molecule has 0 aromatic carbocycles. The lowest BCUT2D eigenvalue weighted by Gasteiger charge is -2.11. The lowest BCUT2D eigenvalue weighted by atomic mass is 10.2. The van der Waals surface area contributed by atoms with Crippen LogP contribution in [0.5, 0.6) is 0 Å². The van der Waals surface area contributed by atoms with E-state index in [1.165, 1.54) is 12.8 Å². The zero-order valence-electron chi connectivity index (χ0n) is 8.27. The summed E-state index contributed by atoms with van der Waals surface area (Å²) in [5.74, 6) is -0.807. The molecular formula is C10H13ClN2O2. The van der Waals surface area contributed by atoms with E-state index in [0.29, 0.717) is 12.5 Å². The van der Waals surface area contributed by atoms with Crippen molar-refractivity contribution in [2.24, 2.45) is 0 Å². The Morgan fingerprint density at radius 3 is 3.07 bits per heavy atom. The van der Waals surface area contributed by atoms with E-state index < -0.39 is 5.97 Å². The predicted molar refractivity (Wildman–Crippen MR) is 56.0 cm³/mol. The standard InChI is InChI=1S/C10H13ClN2O2/c11-8(3-4-10(14)15)9-5-12-6-13(9)7-1-2-7/h5-8H,1-4H2,(H,14,15). The number of hydrogen-bond donors (Lipinski definition) is 1. The van der Waals surface area contributed by atoms with Gasteiger partial charge in [0.2, 0.25) is 0 Å². The Hall–Kier alpha value is -1.03. The zero-order valence-corrected chi connectivity index (χ0v) is 9.02. The van der Waals surface area contributed by atoms with Gasteiger partial charge in [-0.15, -0.1) is 11.6 Å². The molecule has 1 unspecified atom stereocenters. The molecule has 5 heteroatoms. The Morgan fingerprint density at radius 1 is 1.73 bits per heavy atom. The maximum absolute atomic E-state index is 10.4. The first-order valence-corrected chi connectivity index (χ1v) is 5.49. The number of aliphatic carboxylic acids is 1. The second kappa shape index (κ2) is 4.23. The largest absolute Gasteiger partial charge is 0.481 e. The van der Waals surface area contributed by atoms with Crippen LogP contribution in [0.3, 0.4) is 0 Å². The maximum atomic E-state index is 10.4. The van der Waals surface area contributed by atoms with Gasteiger partial charge in [-0.3, -0.25) is 4.79 Å². The van der Waals surface area contributed by atoms with Crippen molar-refractivity contribution in [1.82, 2.24) is 9.55 Å². The van der Waals surface area contributed by atoms with Crippen molar-refractivity contribution in [1.29, 1.82) is 0 Å². The van der Waals surface area contributed by atoms with E-state index in [0.717, 1.165) is 5.69 Å². The van der Waals surface area contributed by atoms with E-state index in [2.05, 4.69) is 9.55 Å². The van der Waals surface area contributed by atoms with Gasteiger partial charge in [0.05, 0.1) is 17.4 Å². The molecule has 1 saturated carbocycles. The van der Waals surface area contributed by atoms with Gasteiger partial charge in [-0.1, -0.05) is 0 Å². The molecule has 4 nitrogen and oxygen atoms in total. The fraction of sp³-hybridized carbons (Fsp3) is 0.600. The molecule has 1 N–H and O–H groups in total. The Labute approximate surface area is 92.9 Å². The molecule has 1 fully saturated rings. The Bertz CT molecular complexity index is 360. The van der Waals surface area contributed by atoms with Gasteiger partial charge < -0.3 is 9.67 Å². The first kappa shape index (κ1) is 10.5. The number of carbonyl (C=O) groups is 1. The van der Waals surface area contributed by atoms with E-state index in [9.17, 15) is 4.79 Å². The molecule has 2 rings (SSSR count). The number of aromatic nitrogens is 2. The van der Waals surface area contributed by atoms with Gasteiger partial charge in [0.25, 0.3) is 0 Å². The number of halogens is 1. The van der Waals surface area contributed by atoms with Crippen LogP contribution in [-0.4, -0.2) is 20.6 Å². The number of carboxylic acid groups (broad SMARTS) is 1. The Kier molecular flexibility index (Phi) is 2.95. The van der Waals surface area contributed by atoms with Gasteiger partial charge in [-0.2, -0.15) is 0 Å². The van der Waals surface area contributed by atoms with Crippen LogP contribution in [0.15, 0.2) is 12.5 Å². The summed E-state index contributed by atoms with van der Waals surface area (Å²) in [5, 5.41) is 8.32. The Balaban J connectivity index is 2.00. The average Bonchev–Trinajstić information content (AvgIpc) is 2.93. The van der Waals surface area contributed by atoms with Crippen molar-refractivity contribution in [3.8, 4) is 0 Å². The van der Waals surface area contributed by atoms with Crippen LogP contribution in [0.4, 0.5) is 0 Å². The normalized spacial score (nSPS) is 17.7. The zero-order chi connectivity index (χ0) is 10.8. The van der Waals surface area contributed by atoms with Crippen LogP contribution in [0.1, 0.15) is 42.8 Å². The van der Waals surface area contributed by atoms with Gasteiger partial charge in [0, 0.05) is 18.7 Å². The summed E-state index contributed by atoms with van der Waals surface area (Å²) in [7, 11) is 0. The third-order valence-electron chi connectivity index (χ3n) is 2.57. The summed E-state index contributed by atoms with van der Waals surface area (Å²) >= 11 is 6.14. The lowest BCUT2D eigenvalue weighted by Crippen LogP contribution is -2.04. The topological polar surface area (TPSA) is 55.1 Å². The van der Waals surface area contributed by atoms with Crippen LogP contribution in [0.25, 0.3) is 0 Å². The second-order valence-corrected chi connectivity index (χ2v) is 4.38. The number of imidazole rings is 1. The first-order chi connectivity index (χ1) is 7.18. The second-order valence-electron chi connectivity index (χ2n) is 3.86. The summed E-state index contributed by atoms with van der Waals surface area (Å²) < 4.78 is 2.07. The van der Waals surface area contributed by atoms with Crippen LogP contribution >= 0.6 is 11.6 Å². The number of nitrogens with zero attached hydrogens (tertiary/aromatic N) is 2. The molecule has 1 heterocycles. The van der Waals surface area contributed by atoms with Crippen molar-refractivity contribution in [2.75, 3.05) is 0 Å². The highest BCUT2D eigenvalue weighted by atomic mass is 35.5. The van der Waals surface area contributed by atoms with Gasteiger partial charge >= 0.3 is 5.97 Å². The highest BCUT2D eigenvalue weighted by Gasteiger charge is 2.27. The number of hydrogen-bond acceptors (Lipinski definition) is 2. The molecule has 82 valence electrons. The predicted octanol–water partition coefficient (Wildman–Crippen LogP) is 2.36. The SMILES string of the molecule is O=C(O)CCC(Cl)c1cncn1C1CC1. The summed E-state index contributed by atoms with van der Waals surface area (Å²) in [6.07, 6.45) is 6.41. The molecule has 0 aliphatic heterocycles. The summed E-state index contributed by atoms with van der Waals surface area (Å²) in [4.78, 5) is 14.5. The molecule has 0 radical (unpaired) electrons. The molecule has 0 amide bonds. The summed E-state index contributed by atoms with van der Waals surface area (Å²) in [6.45, 7) is 0. The molecule has 1 atom stereocenters. The quantitative estimate of drug-likeness (QED) is 0.788. The molecule has 0 bridgehead atoms. The molecular weight excluding hydrogens is 216 g/mol. The fourth-order valence-electron chi connectivity index (χ4n) is 1.61. The molecule has 1 aromatic heterocycles. The average molecular weight is 229 g/mol. The summed E-state index contributed by atoms with van der Waals surface area (Å²) in [6, 6.07) is 0.536. The smallest absolute Gasteiger partial charge is 0.303 e. The van der Waals surface area contributed by atoms with Gasteiger partial charge in [0.15, 0.2) is 0 Å². The van der Waals surface area contributed by atoms with Crippen molar-refractivity contribution in [3.05, 3.63) is 18.2 Å². The summed E-state index contributed by atoms with van der Waals surface area (Å²) in [5.41, 5.74) is 0.945. The number of alkyl halides is 1. The van der Waals surface area contributed by atoms with Gasteiger partial charge in [0.1, 0.15) is 0 Å². The number of rotatable bonds is 5. The minimum absolute atomic E-state index is 0.101. The van der Waals surface area contributed by atoms with Crippen LogP contribution in [0.2, 0.25) is 0 Å². The van der Waals surface area contributed by atoms with E-state index in [1.54, 1.807) is 12.5 Å². The molecule has 0 saturated heterocycles. The first-order valence-electron chi connectivity index (χ1n) is 5.06. The van der Waals surface area contributed by atoms with Crippen molar-refractivity contribution >= 4 is 17.6 Å². The minimum atomic E-state index is -0.807. The van der Waals surface area contributed by atoms with Gasteiger partial charge in [-0.05, 0) is 19.3 Å². The highest BCUT2D eigenvalue weighted by molar-refractivity contribution is 6.20. The molecule has 1 aliphatic rings. The number of carboxylic acids is 1. The van der Waals surface area contributed by atoms with Crippen molar-refractivity contribution < 1.29 is 9.90 Å². The lowest BCUT2D eigenvalue weighted by molar-refractivity contribution is -0.137. The Morgan fingerprint density at radius 2 is 2.47 bits per heavy atom. The van der Waals surface area contributed by atoms with Crippen LogP contribution in [0, 0.1) is 0 Å². The van der Waals surface area contributed by atoms with Crippen molar-refractivity contribution in [2.45, 2.75) is 37.1 Å². The molecule has 0 spiro atoms. The minimum Gasteiger partial charge on any atom is -0.481 e. The highest BCUT2D eigenvalue weighted by Crippen LogP contribution is 2.38.